The van der Waals surface area contributed by atoms with Crippen LogP contribution in [0.1, 0.15) is 15.9 Å². The molecule has 0 radical (unpaired) electrons. The molecule has 0 saturated heterocycles. The van der Waals surface area contributed by atoms with Gasteiger partial charge in [0, 0.05) is 23.8 Å². The molecule has 122 valence electrons. The molecule has 1 heterocycles. The normalized spacial score (nSPS) is 9.92. The maximum atomic E-state index is 13.1. The summed E-state index contributed by atoms with van der Waals surface area (Å²) in [6.45, 7) is 0. The van der Waals surface area contributed by atoms with Crippen LogP contribution in [0.4, 0.5) is 21.7 Å². The van der Waals surface area contributed by atoms with E-state index in [9.17, 15) is 9.18 Å². The highest BCUT2D eigenvalue weighted by Gasteiger charge is 2.08. The monoisotopic (exact) mass is 333 g/mol. The van der Waals surface area contributed by atoms with Gasteiger partial charge in [0.2, 0.25) is 5.95 Å². The van der Waals surface area contributed by atoms with Crippen LogP contribution in [0, 0.1) is 17.1 Å². The number of aromatic nitrogens is 2. The lowest BCUT2D eigenvalue weighted by Gasteiger charge is -2.07. The van der Waals surface area contributed by atoms with E-state index in [1.165, 1.54) is 24.5 Å². The highest BCUT2D eigenvalue weighted by Crippen LogP contribution is 2.15. The predicted molar refractivity (Wildman–Crippen MR) is 90.8 cm³/mol. The first kappa shape index (κ1) is 16.1. The third-order valence-corrected chi connectivity index (χ3v) is 3.24. The Morgan fingerprint density at radius 2 is 1.76 bits per heavy atom. The largest absolute Gasteiger partial charge is 0.324 e. The van der Waals surface area contributed by atoms with E-state index < -0.39 is 5.91 Å². The van der Waals surface area contributed by atoms with E-state index in [0.29, 0.717) is 16.9 Å². The molecule has 1 amide bonds. The molecular formula is C18H12FN5O. The highest BCUT2D eigenvalue weighted by molar-refractivity contribution is 6.04. The number of rotatable bonds is 4. The van der Waals surface area contributed by atoms with Crippen molar-refractivity contribution < 1.29 is 9.18 Å². The van der Waals surface area contributed by atoms with Crippen LogP contribution in [-0.2, 0) is 0 Å². The molecule has 2 N–H and O–H groups in total. The molecule has 3 rings (SSSR count). The molecule has 2 aromatic carbocycles. The Morgan fingerprint density at radius 1 is 1.04 bits per heavy atom. The van der Waals surface area contributed by atoms with Crippen LogP contribution < -0.4 is 10.6 Å². The van der Waals surface area contributed by atoms with Crippen molar-refractivity contribution in [2.75, 3.05) is 10.6 Å². The van der Waals surface area contributed by atoms with Crippen molar-refractivity contribution in [1.29, 1.82) is 5.26 Å². The number of amides is 1. The molecule has 0 spiro atoms. The molecule has 6 nitrogen and oxygen atoms in total. The van der Waals surface area contributed by atoms with Crippen molar-refractivity contribution in [2.45, 2.75) is 0 Å². The second-order valence-electron chi connectivity index (χ2n) is 5.08. The maximum absolute atomic E-state index is 13.1. The average Bonchev–Trinajstić information content (AvgIpc) is 2.62. The second kappa shape index (κ2) is 7.19. The number of carbonyl (C=O) groups excluding carboxylic acids is 1. The summed E-state index contributed by atoms with van der Waals surface area (Å²) in [6, 6.07) is 14.5. The first-order valence-corrected chi connectivity index (χ1v) is 7.30. The SMILES string of the molecule is N#Cc1cccc(NC(=O)c2cnc(Nc3cccc(F)c3)nc2)c1. The van der Waals surface area contributed by atoms with Gasteiger partial charge in [-0.1, -0.05) is 12.1 Å². The number of carbonyl (C=O) groups is 1. The molecular weight excluding hydrogens is 321 g/mol. The summed E-state index contributed by atoms with van der Waals surface area (Å²) in [5.74, 6) is -0.526. The molecule has 0 saturated carbocycles. The quantitative estimate of drug-likeness (QED) is 0.763. The fourth-order valence-electron chi connectivity index (χ4n) is 2.07. The number of nitrogens with zero attached hydrogens (tertiary/aromatic N) is 3. The van der Waals surface area contributed by atoms with Crippen molar-refractivity contribution >= 4 is 23.2 Å². The molecule has 0 aliphatic heterocycles. The Bertz CT molecular complexity index is 950. The summed E-state index contributed by atoms with van der Waals surface area (Å²) in [4.78, 5) is 20.3. The highest BCUT2D eigenvalue weighted by atomic mass is 19.1. The lowest BCUT2D eigenvalue weighted by Crippen LogP contribution is -2.13. The van der Waals surface area contributed by atoms with E-state index in [4.69, 9.17) is 5.26 Å². The van der Waals surface area contributed by atoms with Crippen molar-refractivity contribution in [2.24, 2.45) is 0 Å². The summed E-state index contributed by atoms with van der Waals surface area (Å²) >= 11 is 0. The topological polar surface area (TPSA) is 90.7 Å². The van der Waals surface area contributed by atoms with Crippen LogP contribution in [-0.4, -0.2) is 15.9 Å². The van der Waals surface area contributed by atoms with E-state index in [1.807, 2.05) is 6.07 Å². The zero-order valence-corrected chi connectivity index (χ0v) is 12.9. The summed E-state index contributed by atoms with van der Waals surface area (Å²) < 4.78 is 13.1. The van der Waals surface area contributed by atoms with E-state index in [0.717, 1.165) is 0 Å². The summed E-state index contributed by atoms with van der Waals surface area (Å²) in [5.41, 5.74) is 1.72. The van der Waals surface area contributed by atoms with Gasteiger partial charge in [-0.05, 0) is 36.4 Å². The van der Waals surface area contributed by atoms with Crippen molar-refractivity contribution in [1.82, 2.24) is 9.97 Å². The van der Waals surface area contributed by atoms with Gasteiger partial charge < -0.3 is 10.6 Å². The number of halogens is 1. The summed E-state index contributed by atoms with van der Waals surface area (Å²) in [6.07, 6.45) is 2.72. The Hall–Kier alpha value is -3.79. The standard InChI is InChI=1S/C18H12FN5O/c19-14-4-2-6-16(8-14)24-18-21-10-13(11-22-18)17(25)23-15-5-1-3-12(7-15)9-20/h1-8,10-11H,(H,23,25)(H,21,22,24). The zero-order valence-electron chi connectivity index (χ0n) is 12.9. The van der Waals surface area contributed by atoms with E-state index in [-0.39, 0.29) is 17.3 Å². The molecule has 0 aliphatic carbocycles. The molecule has 0 atom stereocenters. The van der Waals surface area contributed by atoms with E-state index >= 15 is 0 Å². The van der Waals surface area contributed by atoms with Crippen LogP contribution in [0.3, 0.4) is 0 Å². The minimum atomic E-state index is -0.396. The lowest BCUT2D eigenvalue weighted by molar-refractivity contribution is 0.102. The minimum absolute atomic E-state index is 0.244. The maximum Gasteiger partial charge on any atom is 0.258 e. The van der Waals surface area contributed by atoms with Gasteiger partial charge in [-0.2, -0.15) is 5.26 Å². The molecule has 1 aromatic heterocycles. The first-order valence-electron chi connectivity index (χ1n) is 7.30. The van der Waals surface area contributed by atoms with E-state index in [2.05, 4.69) is 20.6 Å². The number of hydrogen-bond acceptors (Lipinski definition) is 5. The second-order valence-corrected chi connectivity index (χ2v) is 5.08. The van der Waals surface area contributed by atoms with Gasteiger partial charge in [0.25, 0.3) is 5.91 Å². The Morgan fingerprint density at radius 3 is 2.48 bits per heavy atom. The lowest BCUT2D eigenvalue weighted by atomic mass is 10.2. The van der Waals surface area contributed by atoms with Gasteiger partial charge in [0.1, 0.15) is 5.82 Å². The number of hydrogen-bond donors (Lipinski definition) is 2. The number of anilines is 3. The third kappa shape index (κ3) is 4.14. The molecule has 0 aliphatic rings. The van der Waals surface area contributed by atoms with E-state index in [1.54, 1.807) is 36.4 Å². The smallest absolute Gasteiger partial charge is 0.258 e. The van der Waals surface area contributed by atoms with Gasteiger partial charge in [0.15, 0.2) is 0 Å². The first-order chi connectivity index (χ1) is 12.1. The van der Waals surface area contributed by atoms with Gasteiger partial charge in [-0.15, -0.1) is 0 Å². The fraction of sp³-hybridized carbons (Fsp3) is 0. The van der Waals surface area contributed by atoms with Gasteiger partial charge in [-0.3, -0.25) is 4.79 Å². The number of benzene rings is 2. The fourth-order valence-corrected chi connectivity index (χ4v) is 2.07. The third-order valence-electron chi connectivity index (χ3n) is 3.24. The Balaban J connectivity index is 1.69. The van der Waals surface area contributed by atoms with Crippen molar-refractivity contribution in [3.63, 3.8) is 0 Å². The molecule has 7 heteroatoms. The predicted octanol–water partition coefficient (Wildman–Crippen LogP) is 3.48. The summed E-state index contributed by atoms with van der Waals surface area (Å²) in [5, 5.41) is 14.4. The molecule has 0 bridgehead atoms. The van der Waals surface area contributed by atoms with Gasteiger partial charge in [0.05, 0.1) is 17.2 Å². The summed E-state index contributed by atoms with van der Waals surface area (Å²) in [7, 11) is 0. The zero-order chi connectivity index (χ0) is 17.6. The Kier molecular flexibility index (Phi) is 4.62. The minimum Gasteiger partial charge on any atom is -0.324 e. The van der Waals surface area contributed by atoms with Crippen molar-refractivity contribution in [3.05, 3.63) is 77.9 Å². The van der Waals surface area contributed by atoms with Gasteiger partial charge >= 0.3 is 0 Å². The Labute approximate surface area is 143 Å². The number of nitriles is 1. The molecule has 25 heavy (non-hydrogen) atoms. The number of nitrogens with one attached hydrogen (secondary N) is 2. The molecule has 0 fully saturated rings. The van der Waals surface area contributed by atoms with Gasteiger partial charge in [-0.25, -0.2) is 14.4 Å². The average molecular weight is 333 g/mol. The van der Waals surface area contributed by atoms with Crippen LogP contribution in [0.5, 0.6) is 0 Å². The van der Waals surface area contributed by atoms with Crippen LogP contribution in [0.25, 0.3) is 0 Å². The van der Waals surface area contributed by atoms with Crippen LogP contribution >= 0.6 is 0 Å². The van der Waals surface area contributed by atoms with Crippen molar-refractivity contribution in [3.8, 4) is 6.07 Å². The van der Waals surface area contributed by atoms with Crippen LogP contribution in [0.15, 0.2) is 60.9 Å². The van der Waals surface area contributed by atoms with Crippen LogP contribution in [0.2, 0.25) is 0 Å². The molecule has 0 unspecified atom stereocenters. The molecule has 3 aromatic rings.